The van der Waals surface area contributed by atoms with Gasteiger partial charge in [0.25, 0.3) is 11.8 Å². The maximum Gasteiger partial charge on any atom is 0.327 e. The Balaban J connectivity index is 2.29. The summed E-state index contributed by atoms with van der Waals surface area (Å²) in [6.07, 6.45) is 2.89. The molecular weight excluding hydrogens is 250 g/mol. The summed E-state index contributed by atoms with van der Waals surface area (Å²) < 4.78 is 0. The number of carboxylic acids is 1. The summed E-state index contributed by atoms with van der Waals surface area (Å²) in [7, 11) is 0. The lowest BCUT2D eigenvalue weighted by molar-refractivity contribution is -0.153. The molecule has 2 rings (SSSR count). The van der Waals surface area contributed by atoms with Crippen LogP contribution in [0.4, 0.5) is 0 Å². The molecule has 0 spiro atoms. The Morgan fingerprint density at radius 1 is 1.37 bits per heavy atom. The van der Waals surface area contributed by atoms with Crippen LogP contribution in [0.1, 0.15) is 19.5 Å². The molecule has 19 heavy (non-hydrogen) atoms. The van der Waals surface area contributed by atoms with Gasteiger partial charge in [-0.2, -0.15) is 0 Å². The molecule has 0 saturated heterocycles. The molecule has 0 fully saturated rings. The lowest BCUT2D eigenvalue weighted by Crippen LogP contribution is -2.47. The number of hydrogen-bond acceptors (Lipinski definition) is 4. The summed E-state index contributed by atoms with van der Waals surface area (Å²) in [5.74, 6) is -2.32. The first kappa shape index (κ1) is 13.0. The predicted octanol–water partition coefficient (Wildman–Crippen LogP) is 0.111. The van der Waals surface area contributed by atoms with Crippen LogP contribution in [0.2, 0.25) is 0 Å². The summed E-state index contributed by atoms with van der Waals surface area (Å²) in [5.41, 5.74) is 1.14. The van der Waals surface area contributed by atoms with Gasteiger partial charge in [-0.1, -0.05) is 0 Å². The molecule has 1 atom stereocenters. The van der Waals surface area contributed by atoms with E-state index in [1.165, 1.54) is 26.4 Å². The average Bonchev–Trinajstić information content (AvgIpc) is 2.93. The molecule has 7 heteroatoms. The number of carbonyl (C=O) groups excluding carboxylic acids is 2. The lowest BCUT2D eigenvalue weighted by atomic mass is 10.1. The third-order valence-electron chi connectivity index (χ3n) is 3.21. The quantitative estimate of drug-likeness (QED) is 0.750. The van der Waals surface area contributed by atoms with Crippen molar-refractivity contribution in [2.24, 2.45) is 0 Å². The molecule has 100 valence electrons. The molecule has 1 aromatic rings. The molecule has 2 amide bonds. The van der Waals surface area contributed by atoms with Gasteiger partial charge >= 0.3 is 5.97 Å². The fraction of sp³-hybridized carbons (Fsp3) is 0.333. The number of aliphatic carboxylic acids is 1. The van der Waals surface area contributed by atoms with E-state index in [0.717, 1.165) is 4.90 Å². The smallest absolute Gasteiger partial charge is 0.327 e. The zero-order chi connectivity index (χ0) is 14.2. The van der Waals surface area contributed by atoms with Gasteiger partial charge in [0.2, 0.25) is 0 Å². The number of nitrogens with one attached hydrogen (secondary N) is 1. The highest BCUT2D eigenvalue weighted by atomic mass is 16.4. The number of imide groups is 1. The van der Waals surface area contributed by atoms with Crippen LogP contribution in [0.5, 0.6) is 0 Å². The minimum atomic E-state index is -1.23. The van der Waals surface area contributed by atoms with E-state index in [4.69, 9.17) is 0 Å². The molecule has 0 aromatic carbocycles. The van der Waals surface area contributed by atoms with Crippen LogP contribution in [0.3, 0.4) is 0 Å². The number of carboxylic acid groups (broad SMARTS) is 1. The van der Waals surface area contributed by atoms with Crippen molar-refractivity contribution in [2.75, 3.05) is 0 Å². The molecule has 1 aromatic heterocycles. The van der Waals surface area contributed by atoms with E-state index < -0.39 is 23.8 Å². The molecule has 1 aliphatic rings. The van der Waals surface area contributed by atoms with E-state index in [2.05, 4.69) is 9.97 Å². The number of imidazole rings is 1. The van der Waals surface area contributed by atoms with E-state index >= 15 is 0 Å². The summed E-state index contributed by atoms with van der Waals surface area (Å²) in [6.45, 7) is 3.04. The Bertz CT molecular complexity index is 550. The second kappa shape index (κ2) is 4.68. The lowest BCUT2D eigenvalue weighted by Gasteiger charge is -2.22. The standard InChI is InChI=1S/C12H13N3O4/c1-6-7(2)11(17)15(10(6)16)9(12(18)19)3-8-4-13-5-14-8/h4-5,9H,3H2,1-2H3,(H,13,14)(H,18,19). The van der Waals surface area contributed by atoms with Crippen molar-refractivity contribution in [2.45, 2.75) is 26.3 Å². The molecule has 0 radical (unpaired) electrons. The van der Waals surface area contributed by atoms with E-state index in [0.29, 0.717) is 16.8 Å². The van der Waals surface area contributed by atoms with Gasteiger partial charge in [-0.3, -0.25) is 14.5 Å². The minimum Gasteiger partial charge on any atom is -0.480 e. The zero-order valence-electron chi connectivity index (χ0n) is 10.5. The van der Waals surface area contributed by atoms with Gasteiger partial charge in [-0.15, -0.1) is 0 Å². The summed E-state index contributed by atoms with van der Waals surface area (Å²) in [6, 6.07) is -1.23. The van der Waals surface area contributed by atoms with Crippen molar-refractivity contribution >= 4 is 17.8 Å². The van der Waals surface area contributed by atoms with Gasteiger partial charge in [-0.05, 0) is 13.8 Å². The normalized spacial score (nSPS) is 17.3. The SMILES string of the molecule is CC1=C(C)C(=O)N(C(Cc2cnc[nH]2)C(=O)O)C1=O. The second-order valence-corrected chi connectivity index (χ2v) is 4.37. The first-order valence-corrected chi connectivity index (χ1v) is 5.69. The number of H-pyrrole nitrogens is 1. The van der Waals surface area contributed by atoms with Crippen molar-refractivity contribution in [1.29, 1.82) is 0 Å². The highest BCUT2D eigenvalue weighted by molar-refractivity contribution is 6.20. The predicted molar refractivity (Wildman–Crippen MR) is 63.9 cm³/mol. The average molecular weight is 263 g/mol. The highest BCUT2D eigenvalue weighted by Crippen LogP contribution is 2.23. The maximum atomic E-state index is 12.0. The monoisotopic (exact) mass is 263 g/mol. The van der Waals surface area contributed by atoms with Crippen LogP contribution in [0.15, 0.2) is 23.7 Å². The summed E-state index contributed by atoms with van der Waals surface area (Å²) in [4.78, 5) is 42.6. The first-order chi connectivity index (χ1) is 8.93. The minimum absolute atomic E-state index is 0.00731. The molecule has 7 nitrogen and oxygen atoms in total. The third-order valence-corrected chi connectivity index (χ3v) is 3.21. The van der Waals surface area contributed by atoms with E-state index in [1.54, 1.807) is 0 Å². The van der Waals surface area contributed by atoms with E-state index in [1.807, 2.05) is 0 Å². The second-order valence-electron chi connectivity index (χ2n) is 4.37. The third kappa shape index (κ3) is 2.14. The van der Waals surface area contributed by atoms with Crippen LogP contribution in [0, 0.1) is 0 Å². The molecule has 0 bridgehead atoms. The van der Waals surface area contributed by atoms with Gasteiger partial charge in [0.1, 0.15) is 6.04 Å². The number of hydrogen-bond donors (Lipinski definition) is 2. The number of aromatic nitrogens is 2. The summed E-state index contributed by atoms with van der Waals surface area (Å²) in [5, 5.41) is 9.24. The Morgan fingerprint density at radius 2 is 1.95 bits per heavy atom. The summed E-state index contributed by atoms with van der Waals surface area (Å²) >= 11 is 0. The van der Waals surface area contributed by atoms with Crippen molar-refractivity contribution in [3.8, 4) is 0 Å². The van der Waals surface area contributed by atoms with Gasteiger partial charge in [-0.25, -0.2) is 9.78 Å². The Hall–Kier alpha value is -2.44. The topological polar surface area (TPSA) is 103 Å². The molecule has 0 aliphatic carbocycles. The number of amides is 2. The van der Waals surface area contributed by atoms with Crippen LogP contribution >= 0.6 is 0 Å². The largest absolute Gasteiger partial charge is 0.480 e. The highest BCUT2D eigenvalue weighted by Gasteiger charge is 2.41. The number of carbonyl (C=O) groups is 3. The van der Waals surface area contributed by atoms with E-state index in [-0.39, 0.29) is 6.42 Å². The van der Waals surface area contributed by atoms with Crippen LogP contribution < -0.4 is 0 Å². The Labute approximate surface area is 108 Å². The number of rotatable bonds is 4. The van der Waals surface area contributed by atoms with Crippen LogP contribution in [-0.2, 0) is 20.8 Å². The fourth-order valence-corrected chi connectivity index (χ4v) is 1.95. The molecule has 0 saturated carbocycles. The number of nitrogens with zero attached hydrogens (tertiary/aromatic N) is 2. The van der Waals surface area contributed by atoms with Gasteiger partial charge in [0, 0.05) is 29.5 Å². The Kier molecular flexibility index (Phi) is 3.20. The van der Waals surface area contributed by atoms with Crippen LogP contribution in [0.25, 0.3) is 0 Å². The molecule has 1 unspecified atom stereocenters. The van der Waals surface area contributed by atoms with Gasteiger partial charge < -0.3 is 10.1 Å². The van der Waals surface area contributed by atoms with Crippen molar-refractivity contribution in [3.63, 3.8) is 0 Å². The molecule has 2 heterocycles. The zero-order valence-corrected chi connectivity index (χ0v) is 10.5. The van der Waals surface area contributed by atoms with Crippen molar-refractivity contribution in [1.82, 2.24) is 14.9 Å². The maximum absolute atomic E-state index is 12.0. The molecular formula is C12H13N3O4. The van der Waals surface area contributed by atoms with Gasteiger partial charge in [0.15, 0.2) is 0 Å². The first-order valence-electron chi connectivity index (χ1n) is 5.69. The van der Waals surface area contributed by atoms with E-state index in [9.17, 15) is 19.5 Å². The van der Waals surface area contributed by atoms with Gasteiger partial charge in [0.05, 0.1) is 6.33 Å². The molecule has 2 N–H and O–H groups in total. The van der Waals surface area contributed by atoms with Crippen molar-refractivity contribution in [3.05, 3.63) is 29.4 Å². The van der Waals surface area contributed by atoms with Crippen LogP contribution in [-0.4, -0.2) is 43.8 Å². The van der Waals surface area contributed by atoms with Crippen molar-refractivity contribution < 1.29 is 19.5 Å². The number of aromatic amines is 1. The molecule has 1 aliphatic heterocycles. The fourth-order valence-electron chi connectivity index (χ4n) is 1.95. The Morgan fingerprint density at radius 3 is 2.37 bits per heavy atom.